The van der Waals surface area contributed by atoms with Crippen LogP contribution >= 0.6 is 11.6 Å². The number of aromatic nitrogens is 8. The summed E-state index contributed by atoms with van der Waals surface area (Å²) < 4.78 is 8.97. The number of ether oxygens (including phenoxy) is 1. The molecule has 0 radical (unpaired) electrons. The Balaban J connectivity index is 0.000000191. The fourth-order valence-corrected chi connectivity index (χ4v) is 5.72. The molecule has 0 saturated carbocycles. The van der Waals surface area contributed by atoms with Crippen LogP contribution in [-0.2, 0) is 4.74 Å². The monoisotopic (exact) mass is 652 g/mol. The first-order valence-electron chi connectivity index (χ1n) is 15.5. The van der Waals surface area contributed by atoms with Gasteiger partial charge in [0.15, 0.2) is 11.3 Å². The van der Waals surface area contributed by atoms with E-state index in [2.05, 4.69) is 30.5 Å². The Labute approximate surface area is 277 Å². The lowest BCUT2D eigenvalue weighted by atomic mass is 10.1. The summed E-state index contributed by atoms with van der Waals surface area (Å²) in [4.78, 5) is 31.3. The predicted octanol–water partition coefficient (Wildman–Crippen LogP) is 6.66. The predicted molar refractivity (Wildman–Crippen MR) is 181 cm³/mol. The van der Waals surface area contributed by atoms with Crippen molar-refractivity contribution < 1.29 is 9.53 Å². The standard InChI is InChI=1S/C22H28N6O2.C12H9ClN4/c1-15-13-19(26-17-7-11-27(12-8-17)21(29)30-22(2,3)4)28-20(25-15)18(14-24-28)16-5-9-23-10-6-16;1-8-6-11(13)17-12(16-8)10(7-15-17)9-2-4-14-5-3-9/h5-6,9-10,13-14,17,26H,7-8,11-12H2,1-4H3;2-7H,1H3. The molecule has 0 atom stereocenters. The van der Waals surface area contributed by atoms with E-state index in [9.17, 15) is 4.79 Å². The first kappa shape index (κ1) is 31.9. The van der Waals surface area contributed by atoms with Crippen LogP contribution in [0, 0.1) is 13.8 Å². The molecule has 0 bridgehead atoms. The number of anilines is 1. The quantitative estimate of drug-likeness (QED) is 0.208. The summed E-state index contributed by atoms with van der Waals surface area (Å²) in [6, 6.07) is 11.8. The molecule has 13 heteroatoms. The van der Waals surface area contributed by atoms with Gasteiger partial charge in [0.2, 0.25) is 0 Å². The summed E-state index contributed by atoms with van der Waals surface area (Å²) in [6.45, 7) is 10.9. The average molecular weight is 653 g/mol. The second-order valence-corrected chi connectivity index (χ2v) is 12.8. The van der Waals surface area contributed by atoms with Crippen LogP contribution in [0.15, 0.2) is 73.6 Å². The number of piperidine rings is 1. The second kappa shape index (κ2) is 13.3. The zero-order valence-electron chi connectivity index (χ0n) is 27.1. The summed E-state index contributed by atoms with van der Waals surface area (Å²) in [7, 11) is 0. The van der Waals surface area contributed by atoms with Gasteiger partial charge in [0.25, 0.3) is 0 Å². The van der Waals surface area contributed by atoms with Gasteiger partial charge in [0.05, 0.1) is 12.4 Å². The van der Waals surface area contributed by atoms with Crippen LogP contribution < -0.4 is 5.32 Å². The van der Waals surface area contributed by atoms with Crippen LogP contribution in [0.3, 0.4) is 0 Å². The van der Waals surface area contributed by atoms with Crippen molar-refractivity contribution in [3.05, 3.63) is 90.1 Å². The van der Waals surface area contributed by atoms with Gasteiger partial charge in [-0.25, -0.2) is 19.3 Å². The molecule has 242 valence electrons. The lowest BCUT2D eigenvalue weighted by Gasteiger charge is -2.34. The summed E-state index contributed by atoms with van der Waals surface area (Å²) in [5.74, 6) is 0.911. The van der Waals surface area contributed by atoms with Crippen LogP contribution in [-0.4, -0.2) is 74.9 Å². The van der Waals surface area contributed by atoms with Crippen LogP contribution in [0.1, 0.15) is 45.0 Å². The molecule has 0 unspecified atom stereocenters. The Kier molecular flexibility index (Phi) is 9.04. The molecule has 12 nitrogen and oxygen atoms in total. The first-order chi connectivity index (χ1) is 22.6. The zero-order valence-corrected chi connectivity index (χ0v) is 27.8. The second-order valence-electron chi connectivity index (χ2n) is 12.4. The third-order valence-corrected chi connectivity index (χ3v) is 7.91. The highest BCUT2D eigenvalue weighted by Crippen LogP contribution is 2.27. The molecule has 1 aliphatic rings. The smallest absolute Gasteiger partial charge is 0.410 e. The third kappa shape index (κ3) is 7.33. The van der Waals surface area contributed by atoms with Gasteiger partial charge in [0.1, 0.15) is 16.6 Å². The Morgan fingerprint density at radius 2 is 1.34 bits per heavy atom. The molecular weight excluding hydrogens is 616 g/mol. The normalized spacial score (nSPS) is 13.8. The number of hydrogen-bond donors (Lipinski definition) is 1. The first-order valence-corrected chi connectivity index (χ1v) is 15.8. The molecule has 0 aromatic carbocycles. The number of carbonyl (C=O) groups is 1. The molecule has 1 fully saturated rings. The maximum absolute atomic E-state index is 12.3. The topological polar surface area (TPSA) is 128 Å². The van der Waals surface area contributed by atoms with E-state index in [1.165, 1.54) is 0 Å². The van der Waals surface area contributed by atoms with E-state index in [0.717, 1.165) is 63.6 Å². The fraction of sp³-hybridized carbons (Fsp3) is 0.324. The molecule has 47 heavy (non-hydrogen) atoms. The number of nitrogens with one attached hydrogen (secondary N) is 1. The number of amides is 1. The summed E-state index contributed by atoms with van der Waals surface area (Å²) in [5.41, 5.74) is 6.90. The molecule has 1 aliphatic heterocycles. The van der Waals surface area contributed by atoms with E-state index in [-0.39, 0.29) is 12.1 Å². The minimum absolute atomic E-state index is 0.239. The minimum Gasteiger partial charge on any atom is -0.444 e. The van der Waals surface area contributed by atoms with E-state index < -0.39 is 5.60 Å². The number of carbonyl (C=O) groups excluding carboxylic acids is 1. The maximum atomic E-state index is 12.3. The van der Waals surface area contributed by atoms with Gasteiger partial charge in [0, 0.05) is 72.5 Å². The number of rotatable bonds is 4. The molecule has 0 aliphatic carbocycles. The summed E-state index contributed by atoms with van der Waals surface area (Å²) in [5, 5.41) is 13.0. The Morgan fingerprint density at radius 1 is 0.830 bits per heavy atom. The van der Waals surface area contributed by atoms with Crippen molar-refractivity contribution in [1.29, 1.82) is 0 Å². The largest absolute Gasteiger partial charge is 0.444 e. The molecule has 1 amide bonds. The average Bonchev–Trinajstić information content (AvgIpc) is 3.67. The molecule has 6 aromatic rings. The van der Waals surface area contributed by atoms with Crippen LogP contribution in [0.2, 0.25) is 5.15 Å². The lowest BCUT2D eigenvalue weighted by Crippen LogP contribution is -2.44. The van der Waals surface area contributed by atoms with Crippen molar-refractivity contribution in [3.63, 3.8) is 0 Å². The van der Waals surface area contributed by atoms with E-state index in [4.69, 9.17) is 21.3 Å². The van der Waals surface area contributed by atoms with Gasteiger partial charge in [-0.05, 0) is 88.9 Å². The highest BCUT2D eigenvalue weighted by Gasteiger charge is 2.27. The Hall–Kier alpha value is -5.10. The van der Waals surface area contributed by atoms with Crippen LogP contribution in [0.25, 0.3) is 33.5 Å². The fourth-order valence-electron chi connectivity index (χ4n) is 5.44. The van der Waals surface area contributed by atoms with E-state index in [1.807, 2.05) is 75.7 Å². The molecule has 6 aromatic heterocycles. The van der Waals surface area contributed by atoms with Gasteiger partial charge in [-0.2, -0.15) is 14.7 Å². The SMILES string of the molecule is Cc1cc(Cl)n2ncc(-c3ccncc3)c2n1.Cc1cc(NC2CCN(C(=O)OC(C)(C)C)CC2)n2ncc(-c3ccncc3)c2n1. The van der Waals surface area contributed by atoms with Crippen molar-refractivity contribution in [2.24, 2.45) is 0 Å². The molecule has 1 N–H and O–H groups in total. The molecule has 7 heterocycles. The Bertz CT molecular complexity index is 2000. The van der Waals surface area contributed by atoms with Crippen LogP contribution in [0.5, 0.6) is 0 Å². The molecular formula is C34H37ClN10O2. The summed E-state index contributed by atoms with van der Waals surface area (Å²) >= 11 is 6.11. The van der Waals surface area contributed by atoms with Gasteiger partial charge in [-0.1, -0.05) is 11.6 Å². The highest BCUT2D eigenvalue weighted by atomic mass is 35.5. The van der Waals surface area contributed by atoms with Gasteiger partial charge in [-0.15, -0.1) is 0 Å². The number of pyridine rings is 2. The lowest BCUT2D eigenvalue weighted by molar-refractivity contribution is 0.0210. The van der Waals surface area contributed by atoms with Crippen molar-refractivity contribution >= 4 is 34.8 Å². The van der Waals surface area contributed by atoms with Gasteiger partial charge >= 0.3 is 6.09 Å². The van der Waals surface area contributed by atoms with Crippen molar-refractivity contribution in [2.45, 2.75) is 59.1 Å². The number of halogens is 1. The molecule has 0 spiro atoms. The van der Waals surface area contributed by atoms with Crippen LogP contribution in [0.4, 0.5) is 10.6 Å². The van der Waals surface area contributed by atoms with Crippen molar-refractivity contribution in [2.75, 3.05) is 18.4 Å². The molecule has 7 rings (SSSR count). The van der Waals surface area contributed by atoms with Crippen molar-refractivity contribution in [1.82, 2.24) is 44.1 Å². The maximum Gasteiger partial charge on any atom is 0.410 e. The van der Waals surface area contributed by atoms with Gasteiger partial charge < -0.3 is 15.0 Å². The van der Waals surface area contributed by atoms with E-state index >= 15 is 0 Å². The zero-order chi connectivity index (χ0) is 33.1. The number of nitrogens with zero attached hydrogens (tertiary/aromatic N) is 9. The minimum atomic E-state index is -0.473. The number of aryl methyl sites for hydroxylation is 2. The Morgan fingerprint density at radius 3 is 1.89 bits per heavy atom. The number of likely N-dealkylation sites (tertiary alicyclic amines) is 1. The number of fused-ring (bicyclic) bond motifs is 2. The van der Waals surface area contributed by atoms with E-state index in [0.29, 0.717) is 18.2 Å². The number of hydrogen-bond acceptors (Lipinski definition) is 9. The van der Waals surface area contributed by atoms with Gasteiger partial charge in [-0.3, -0.25) is 9.97 Å². The summed E-state index contributed by atoms with van der Waals surface area (Å²) in [6.07, 6.45) is 12.1. The highest BCUT2D eigenvalue weighted by molar-refractivity contribution is 6.29. The molecule has 1 saturated heterocycles. The third-order valence-electron chi connectivity index (χ3n) is 7.64. The van der Waals surface area contributed by atoms with E-state index in [1.54, 1.807) is 46.5 Å². The van der Waals surface area contributed by atoms with Crippen molar-refractivity contribution in [3.8, 4) is 22.3 Å².